The van der Waals surface area contributed by atoms with E-state index in [1.165, 1.54) is 5.56 Å². The van der Waals surface area contributed by atoms with Gasteiger partial charge in [0.25, 0.3) is 5.89 Å². The zero-order chi connectivity index (χ0) is 16.5. The zero-order valence-corrected chi connectivity index (χ0v) is 14.2. The second-order valence-corrected chi connectivity index (χ2v) is 6.59. The average molecular weight is 333 g/mol. The van der Waals surface area contributed by atoms with Crippen LogP contribution in [0.2, 0.25) is 0 Å². The molecule has 0 saturated heterocycles. The van der Waals surface area contributed by atoms with Gasteiger partial charge in [0.05, 0.1) is 5.69 Å². The van der Waals surface area contributed by atoms with Crippen LogP contribution in [0.25, 0.3) is 32.7 Å². The molecule has 118 valence electrons. The number of benzene rings is 2. The Labute approximate surface area is 143 Å². The standard InChI is InChI=1S/C19H15N3OS/c1-12-8-10-14(11-9-12)17-21-18(23-22-17)16-13(2)20-19(24-16)15-6-4-3-5-7-15/h3-11H,1-2H3. The molecule has 0 aliphatic heterocycles. The number of nitrogens with zero attached hydrogens (tertiary/aromatic N) is 3. The molecule has 0 fully saturated rings. The minimum absolute atomic E-state index is 0.516. The molecule has 2 aromatic heterocycles. The summed E-state index contributed by atoms with van der Waals surface area (Å²) in [6, 6.07) is 18.2. The number of rotatable bonds is 3. The Morgan fingerprint density at radius 2 is 1.58 bits per heavy atom. The lowest BCUT2D eigenvalue weighted by Crippen LogP contribution is -1.82. The molecule has 0 spiro atoms. The molecule has 4 nitrogen and oxygen atoms in total. The van der Waals surface area contributed by atoms with Crippen LogP contribution in [-0.4, -0.2) is 15.1 Å². The molecule has 0 N–H and O–H groups in total. The van der Waals surface area contributed by atoms with Crippen molar-refractivity contribution in [2.45, 2.75) is 13.8 Å². The first-order valence-electron chi connectivity index (χ1n) is 7.65. The van der Waals surface area contributed by atoms with Gasteiger partial charge in [0, 0.05) is 11.1 Å². The molecule has 0 saturated carbocycles. The quantitative estimate of drug-likeness (QED) is 0.520. The number of aryl methyl sites for hydroxylation is 2. The van der Waals surface area contributed by atoms with Gasteiger partial charge in [-0.2, -0.15) is 4.98 Å². The molecule has 0 radical (unpaired) electrons. The second kappa shape index (κ2) is 6.02. The van der Waals surface area contributed by atoms with Gasteiger partial charge in [-0.15, -0.1) is 11.3 Å². The van der Waals surface area contributed by atoms with Crippen LogP contribution in [0.1, 0.15) is 11.3 Å². The highest BCUT2D eigenvalue weighted by atomic mass is 32.1. The van der Waals surface area contributed by atoms with Crippen molar-refractivity contribution in [1.82, 2.24) is 15.1 Å². The summed E-state index contributed by atoms with van der Waals surface area (Å²) in [5.41, 5.74) is 4.14. The molecule has 0 atom stereocenters. The van der Waals surface area contributed by atoms with E-state index in [4.69, 9.17) is 4.52 Å². The Morgan fingerprint density at radius 1 is 0.833 bits per heavy atom. The van der Waals surface area contributed by atoms with E-state index in [-0.39, 0.29) is 0 Å². The molecule has 0 bridgehead atoms. The van der Waals surface area contributed by atoms with E-state index in [9.17, 15) is 0 Å². The first-order chi connectivity index (χ1) is 11.7. The first kappa shape index (κ1) is 14.8. The van der Waals surface area contributed by atoms with E-state index >= 15 is 0 Å². The SMILES string of the molecule is Cc1ccc(-c2noc(-c3sc(-c4ccccc4)nc3C)n2)cc1. The summed E-state index contributed by atoms with van der Waals surface area (Å²) in [7, 11) is 0. The fourth-order valence-electron chi connectivity index (χ4n) is 2.43. The molecule has 24 heavy (non-hydrogen) atoms. The highest BCUT2D eigenvalue weighted by molar-refractivity contribution is 7.18. The summed E-state index contributed by atoms with van der Waals surface area (Å²) in [6.45, 7) is 4.02. The topological polar surface area (TPSA) is 51.8 Å². The highest BCUT2D eigenvalue weighted by Gasteiger charge is 2.17. The van der Waals surface area contributed by atoms with E-state index in [0.29, 0.717) is 11.7 Å². The van der Waals surface area contributed by atoms with Crippen molar-refractivity contribution in [3.8, 4) is 32.7 Å². The van der Waals surface area contributed by atoms with Crippen molar-refractivity contribution in [3.63, 3.8) is 0 Å². The van der Waals surface area contributed by atoms with Crippen LogP contribution in [0, 0.1) is 13.8 Å². The van der Waals surface area contributed by atoms with Crippen LogP contribution in [0.5, 0.6) is 0 Å². The Hall–Kier alpha value is -2.79. The smallest absolute Gasteiger partial charge is 0.270 e. The molecule has 2 aromatic carbocycles. The fraction of sp³-hybridized carbons (Fsp3) is 0.105. The van der Waals surface area contributed by atoms with Crippen molar-refractivity contribution in [3.05, 3.63) is 65.9 Å². The number of hydrogen-bond donors (Lipinski definition) is 0. The van der Waals surface area contributed by atoms with Gasteiger partial charge < -0.3 is 4.52 Å². The molecular weight excluding hydrogens is 318 g/mol. The normalized spacial score (nSPS) is 10.9. The van der Waals surface area contributed by atoms with Crippen LogP contribution in [0.3, 0.4) is 0 Å². The van der Waals surface area contributed by atoms with Crippen molar-refractivity contribution in [1.29, 1.82) is 0 Å². The summed E-state index contributed by atoms with van der Waals surface area (Å²) in [6.07, 6.45) is 0. The van der Waals surface area contributed by atoms with Gasteiger partial charge in [-0.25, -0.2) is 4.98 Å². The van der Waals surface area contributed by atoms with E-state index in [1.807, 2.05) is 61.5 Å². The largest absolute Gasteiger partial charge is 0.333 e. The Morgan fingerprint density at radius 3 is 2.33 bits per heavy atom. The van der Waals surface area contributed by atoms with Crippen molar-refractivity contribution in [2.24, 2.45) is 0 Å². The molecule has 0 aliphatic carbocycles. The summed E-state index contributed by atoms with van der Waals surface area (Å²) in [4.78, 5) is 10.1. The van der Waals surface area contributed by atoms with Crippen LogP contribution in [0.15, 0.2) is 59.1 Å². The molecule has 2 heterocycles. The summed E-state index contributed by atoms with van der Waals surface area (Å²) < 4.78 is 5.47. The maximum absolute atomic E-state index is 5.47. The summed E-state index contributed by atoms with van der Waals surface area (Å²) in [5, 5.41) is 5.07. The minimum Gasteiger partial charge on any atom is -0.333 e. The molecular formula is C19H15N3OS. The maximum Gasteiger partial charge on any atom is 0.270 e. The van der Waals surface area contributed by atoms with Gasteiger partial charge in [-0.1, -0.05) is 65.3 Å². The van der Waals surface area contributed by atoms with E-state index in [1.54, 1.807) is 11.3 Å². The van der Waals surface area contributed by atoms with Crippen LogP contribution in [0.4, 0.5) is 0 Å². The second-order valence-electron chi connectivity index (χ2n) is 5.59. The molecule has 5 heteroatoms. The van der Waals surface area contributed by atoms with E-state index in [0.717, 1.165) is 26.7 Å². The zero-order valence-electron chi connectivity index (χ0n) is 13.4. The van der Waals surface area contributed by atoms with Crippen molar-refractivity contribution < 1.29 is 4.52 Å². The van der Waals surface area contributed by atoms with Crippen LogP contribution >= 0.6 is 11.3 Å². The molecule has 0 amide bonds. The maximum atomic E-state index is 5.47. The van der Waals surface area contributed by atoms with Gasteiger partial charge in [0.2, 0.25) is 5.82 Å². The van der Waals surface area contributed by atoms with Gasteiger partial charge >= 0.3 is 0 Å². The summed E-state index contributed by atoms with van der Waals surface area (Å²) in [5.74, 6) is 1.11. The van der Waals surface area contributed by atoms with Gasteiger partial charge in [0.1, 0.15) is 9.88 Å². The molecule has 0 aliphatic rings. The van der Waals surface area contributed by atoms with E-state index < -0.39 is 0 Å². The van der Waals surface area contributed by atoms with Crippen molar-refractivity contribution in [2.75, 3.05) is 0 Å². The minimum atomic E-state index is 0.516. The van der Waals surface area contributed by atoms with Crippen LogP contribution in [-0.2, 0) is 0 Å². The van der Waals surface area contributed by atoms with Gasteiger partial charge in [-0.05, 0) is 13.8 Å². The van der Waals surface area contributed by atoms with Crippen LogP contribution < -0.4 is 0 Å². The third-order valence-corrected chi connectivity index (χ3v) is 4.94. The van der Waals surface area contributed by atoms with Gasteiger partial charge in [0.15, 0.2) is 0 Å². The number of aromatic nitrogens is 3. The lowest BCUT2D eigenvalue weighted by Gasteiger charge is -1.94. The Kier molecular flexibility index (Phi) is 3.70. The van der Waals surface area contributed by atoms with Gasteiger partial charge in [-0.3, -0.25) is 0 Å². The third kappa shape index (κ3) is 2.74. The molecule has 4 aromatic rings. The monoisotopic (exact) mass is 333 g/mol. The third-order valence-electron chi connectivity index (χ3n) is 3.75. The first-order valence-corrected chi connectivity index (χ1v) is 8.46. The predicted molar refractivity (Wildman–Crippen MR) is 95.8 cm³/mol. The number of hydrogen-bond acceptors (Lipinski definition) is 5. The number of thiazole rings is 1. The summed E-state index contributed by atoms with van der Waals surface area (Å²) >= 11 is 1.57. The average Bonchev–Trinajstić information content (AvgIpc) is 3.23. The molecule has 4 rings (SSSR count). The molecule has 0 unspecified atom stereocenters. The fourth-order valence-corrected chi connectivity index (χ4v) is 3.43. The van der Waals surface area contributed by atoms with E-state index in [2.05, 4.69) is 22.0 Å². The van der Waals surface area contributed by atoms with Crippen molar-refractivity contribution >= 4 is 11.3 Å². The highest BCUT2D eigenvalue weighted by Crippen LogP contribution is 2.35. The lowest BCUT2D eigenvalue weighted by atomic mass is 10.1. The Bertz CT molecular complexity index is 972. The Balaban J connectivity index is 1.70. The lowest BCUT2D eigenvalue weighted by molar-refractivity contribution is 0.433. The predicted octanol–water partition coefficient (Wildman–Crippen LogP) is 5.14.